The van der Waals surface area contributed by atoms with E-state index < -0.39 is 23.0 Å². The standard InChI is InChI=1S/C16H20FN5O2S/c1-9(2)18-15(24)19-14(23)10(3)25-16-21-20-13(22(16)4)11-7-5-6-8-12(11)17/h5-10H,1-4H3,(H2,18,19,23,24)/t10-/m1/s1. The molecule has 0 radical (unpaired) electrons. The van der Waals surface area contributed by atoms with Crippen LogP contribution in [0.2, 0.25) is 0 Å². The highest BCUT2D eigenvalue weighted by Gasteiger charge is 2.21. The molecule has 134 valence electrons. The van der Waals surface area contributed by atoms with Gasteiger partial charge in [-0.3, -0.25) is 10.1 Å². The van der Waals surface area contributed by atoms with Crippen molar-refractivity contribution in [1.29, 1.82) is 0 Å². The van der Waals surface area contributed by atoms with Crippen LogP contribution in [0.3, 0.4) is 0 Å². The molecule has 0 fully saturated rings. The van der Waals surface area contributed by atoms with Crippen LogP contribution in [0.15, 0.2) is 29.4 Å². The molecule has 25 heavy (non-hydrogen) atoms. The van der Waals surface area contributed by atoms with E-state index in [0.29, 0.717) is 16.5 Å². The number of amides is 3. The van der Waals surface area contributed by atoms with Crippen LogP contribution in [0, 0.1) is 5.82 Å². The minimum Gasteiger partial charge on any atom is -0.336 e. The zero-order valence-electron chi connectivity index (χ0n) is 14.4. The van der Waals surface area contributed by atoms with Crippen molar-refractivity contribution in [1.82, 2.24) is 25.4 Å². The maximum atomic E-state index is 13.9. The highest BCUT2D eigenvalue weighted by atomic mass is 32.2. The molecular formula is C16H20FN5O2S. The minimum absolute atomic E-state index is 0.0715. The highest BCUT2D eigenvalue weighted by Crippen LogP contribution is 2.26. The fourth-order valence-electron chi connectivity index (χ4n) is 2.02. The van der Waals surface area contributed by atoms with Crippen LogP contribution in [0.4, 0.5) is 9.18 Å². The van der Waals surface area contributed by atoms with Crippen LogP contribution in [-0.2, 0) is 11.8 Å². The number of benzene rings is 1. The quantitative estimate of drug-likeness (QED) is 0.794. The van der Waals surface area contributed by atoms with E-state index in [1.54, 1.807) is 50.6 Å². The molecular weight excluding hydrogens is 345 g/mol. The van der Waals surface area contributed by atoms with Crippen LogP contribution in [0.1, 0.15) is 20.8 Å². The van der Waals surface area contributed by atoms with Crippen LogP contribution >= 0.6 is 11.8 Å². The summed E-state index contributed by atoms with van der Waals surface area (Å²) >= 11 is 1.14. The third kappa shape index (κ3) is 4.79. The molecule has 0 aliphatic carbocycles. The second-order valence-corrected chi connectivity index (χ2v) is 7.03. The van der Waals surface area contributed by atoms with E-state index in [1.165, 1.54) is 6.07 Å². The first kappa shape index (κ1) is 18.9. The van der Waals surface area contributed by atoms with Crippen LogP contribution in [0.25, 0.3) is 11.4 Å². The Morgan fingerprint density at radius 1 is 1.20 bits per heavy atom. The monoisotopic (exact) mass is 365 g/mol. The Balaban J connectivity index is 2.07. The Hall–Kier alpha value is -2.42. The van der Waals surface area contributed by atoms with Gasteiger partial charge in [0.25, 0.3) is 0 Å². The van der Waals surface area contributed by atoms with E-state index in [1.807, 2.05) is 0 Å². The normalized spacial score (nSPS) is 12.1. The molecule has 1 heterocycles. The number of rotatable bonds is 5. The smallest absolute Gasteiger partial charge is 0.321 e. The fraction of sp³-hybridized carbons (Fsp3) is 0.375. The van der Waals surface area contributed by atoms with Crippen molar-refractivity contribution >= 4 is 23.7 Å². The molecule has 1 aromatic heterocycles. The lowest BCUT2D eigenvalue weighted by Crippen LogP contribution is -2.45. The van der Waals surface area contributed by atoms with Gasteiger partial charge in [-0.05, 0) is 32.9 Å². The van der Waals surface area contributed by atoms with Crippen LogP contribution in [-0.4, -0.2) is 38.0 Å². The first-order valence-corrected chi connectivity index (χ1v) is 8.60. The van der Waals surface area contributed by atoms with Crippen molar-refractivity contribution in [3.8, 4) is 11.4 Å². The lowest BCUT2D eigenvalue weighted by atomic mass is 10.2. The van der Waals surface area contributed by atoms with Gasteiger partial charge in [-0.25, -0.2) is 9.18 Å². The average molecular weight is 365 g/mol. The van der Waals surface area contributed by atoms with E-state index in [0.717, 1.165) is 11.8 Å². The third-order valence-electron chi connectivity index (χ3n) is 3.26. The Labute approximate surface area is 149 Å². The highest BCUT2D eigenvalue weighted by molar-refractivity contribution is 8.00. The van der Waals surface area contributed by atoms with Crippen molar-refractivity contribution < 1.29 is 14.0 Å². The fourth-order valence-corrected chi connectivity index (χ4v) is 2.83. The number of imide groups is 1. The zero-order chi connectivity index (χ0) is 18.6. The molecule has 7 nitrogen and oxygen atoms in total. The summed E-state index contributed by atoms with van der Waals surface area (Å²) in [6, 6.07) is 5.65. The summed E-state index contributed by atoms with van der Waals surface area (Å²) in [6.45, 7) is 5.25. The van der Waals surface area contributed by atoms with Crippen molar-refractivity contribution in [2.75, 3.05) is 0 Å². The van der Waals surface area contributed by atoms with E-state index >= 15 is 0 Å². The molecule has 3 amide bonds. The maximum Gasteiger partial charge on any atom is 0.321 e. The molecule has 0 saturated heterocycles. The summed E-state index contributed by atoms with van der Waals surface area (Å²) in [5, 5.41) is 12.7. The minimum atomic E-state index is -0.575. The molecule has 2 rings (SSSR count). The lowest BCUT2D eigenvalue weighted by Gasteiger charge is -2.13. The summed E-state index contributed by atoms with van der Waals surface area (Å²) < 4.78 is 15.5. The number of aromatic nitrogens is 3. The molecule has 9 heteroatoms. The number of nitrogens with one attached hydrogen (secondary N) is 2. The molecule has 2 N–H and O–H groups in total. The van der Waals surface area contributed by atoms with E-state index in [9.17, 15) is 14.0 Å². The van der Waals surface area contributed by atoms with Gasteiger partial charge in [0.15, 0.2) is 11.0 Å². The zero-order valence-corrected chi connectivity index (χ0v) is 15.2. The summed E-state index contributed by atoms with van der Waals surface area (Å²) in [6.07, 6.45) is 0. The molecule has 2 aromatic rings. The van der Waals surface area contributed by atoms with Crippen LogP contribution in [0.5, 0.6) is 0 Å². The number of carbonyl (C=O) groups excluding carboxylic acids is 2. The molecule has 0 unspecified atom stereocenters. The molecule has 0 spiro atoms. The predicted octanol–water partition coefficient (Wildman–Crippen LogP) is 2.34. The number of hydrogen-bond donors (Lipinski definition) is 2. The largest absolute Gasteiger partial charge is 0.336 e. The summed E-state index contributed by atoms with van der Waals surface area (Å²) in [5.41, 5.74) is 0.331. The maximum absolute atomic E-state index is 13.9. The Morgan fingerprint density at radius 3 is 2.52 bits per heavy atom. The van der Waals surface area contributed by atoms with Gasteiger partial charge in [0.05, 0.1) is 10.8 Å². The SMILES string of the molecule is CC(C)NC(=O)NC(=O)[C@@H](C)Sc1nnc(-c2ccccc2F)n1C. The molecule has 0 bridgehead atoms. The molecule has 1 atom stereocenters. The van der Waals surface area contributed by atoms with Gasteiger partial charge in [0.1, 0.15) is 5.82 Å². The van der Waals surface area contributed by atoms with Crippen molar-refractivity contribution in [3.63, 3.8) is 0 Å². The molecule has 0 aliphatic heterocycles. The Morgan fingerprint density at radius 2 is 1.88 bits per heavy atom. The second-order valence-electron chi connectivity index (χ2n) is 5.72. The van der Waals surface area contributed by atoms with Crippen molar-refractivity contribution in [2.24, 2.45) is 7.05 Å². The summed E-state index contributed by atoms with van der Waals surface area (Å²) in [7, 11) is 1.69. The third-order valence-corrected chi connectivity index (χ3v) is 4.39. The van der Waals surface area contributed by atoms with Gasteiger partial charge in [0.2, 0.25) is 5.91 Å². The van der Waals surface area contributed by atoms with Gasteiger partial charge in [0, 0.05) is 13.1 Å². The number of urea groups is 1. The number of nitrogens with zero attached hydrogens (tertiary/aromatic N) is 3. The van der Waals surface area contributed by atoms with Gasteiger partial charge in [-0.2, -0.15) is 0 Å². The van der Waals surface area contributed by atoms with Gasteiger partial charge in [-0.15, -0.1) is 10.2 Å². The number of halogens is 1. The van der Waals surface area contributed by atoms with E-state index in [2.05, 4.69) is 20.8 Å². The number of carbonyl (C=O) groups is 2. The Bertz CT molecular complexity index is 778. The summed E-state index contributed by atoms with van der Waals surface area (Å²) in [4.78, 5) is 23.7. The first-order valence-electron chi connectivity index (χ1n) is 7.72. The lowest BCUT2D eigenvalue weighted by molar-refractivity contribution is -0.119. The van der Waals surface area contributed by atoms with E-state index in [-0.39, 0.29) is 6.04 Å². The molecule has 0 saturated carbocycles. The number of hydrogen-bond acceptors (Lipinski definition) is 5. The second kappa shape index (κ2) is 8.11. The van der Waals surface area contributed by atoms with Crippen molar-refractivity contribution in [3.05, 3.63) is 30.1 Å². The van der Waals surface area contributed by atoms with Gasteiger partial charge >= 0.3 is 6.03 Å². The predicted molar refractivity (Wildman–Crippen MR) is 93.5 cm³/mol. The van der Waals surface area contributed by atoms with E-state index in [4.69, 9.17) is 0 Å². The Kier molecular flexibility index (Phi) is 6.13. The average Bonchev–Trinajstić information content (AvgIpc) is 2.88. The topological polar surface area (TPSA) is 88.9 Å². The molecule has 0 aliphatic rings. The van der Waals surface area contributed by atoms with Gasteiger partial charge in [-0.1, -0.05) is 23.9 Å². The van der Waals surface area contributed by atoms with Crippen molar-refractivity contribution in [2.45, 2.75) is 37.2 Å². The molecule has 1 aromatic carbocycles. The first-order chi connectivity index (χ1) is 11.8. The van der Waals surface area contributed by atoms with Crippen LogP contribution < -0.4 is 10.6 Å². The summed E-state index contributed by atoms with van der Waals surface area (Å²) in [5.74, 6) is -0.477. The van der Waals surface area contributed by atoms with Gasteiger partial charge < -0.3 is 9.88 Å². The number of thioether (sulfide) groups is 1.